The van der Waals surface area contributed by atoms with E-state index < -0.39 is 0 Å². The molecule has 1 heterocycles. The summed E-state index contributed by atoms with van der Waals surface area (Å²) in [6, 6.07) is 18.8. The molecule has 0 saturated heterocycles. The molecule has 0 fully saturated rings. The van der Waals surface area contributed by atoms with Crippen LogP contribution >= 0.6 is 22.9 Å². The lowest BCUT2D eigenvalue weighted by Crippen LogP contribution is -2.42. The van der Waals surface area contributed by atoms with Crippen molar-refractivity contribution < 1.29 is 9.59 Å². The molecule has 0 unspecified atom stereocenters. The Labute approximate surface area is 193 Å². The third-order valence-electron chi connectivity index (χ3n) is 5.07. The summed E-state index contributed by atoms with van der Waals surface area (Å²) in [5.41, 5.74) is 2.78. The molecule has 6 heteroatoms. The molecule has 0 spiro atoms. The number of carbonyl (C=O) groups is 2. The highest BCUT2D eigenvalue weighted by atomic mass is 35.5. The highest BCUT2D eigenvalue weighted by Gasteiger charge is 2.23. The van der Waals surface area contributed by atoms with Gasteiger partial charge in [-0.15, -0.1) is 11.3 Å². The maximum atomic E-state index is 13.4. The van der Waals surface area contributed by atoms with Crippen molar-refractivity contribution in [2.24, 2.45) is 0 Å². The minimum absolute atomic E-state index is 0.0482. The summed E-state index contributed by atoms with van der Waals surface area (Å²) in [5, 5.41) is 2.62. The second kappa shape index (κ2) is 11.1. The largest absolute Gasteiger partial charge is 0.332 e. The lowest BCUT2D eigenvalue weighted by molar-refractivity contribution is -0.133. The first-order valence-corrected chi connectivity index (χ1v) is 11.6. The number of aryl methyl sites for hydroxylation is 1. The quantitative estimate of drug-likeness (QED) is 0.410. The van der Waals surface area contributed by atoms with Crippen molar-refractivity contribution in [3.05, 3.63) is 92.6 Å². The summed E-state index contributed by atoms with van der Waals surface area (Å²) in [6.45, 7) is 5.67. The van der Waals surface area contributed by atoms with Gasteiger partial charge in [-0.2, -0.15) is 0 Å². The number of benzene rings is 2. The van der Waals surface area contributed by atoms with Gasteiger partial charge in [0.1, 0.15) is 6.54 Å². The molecule has 4 nitrogen and oxygen atoms in total. The van der Waals surface area contributed by atoms with Crippen LogP contribution in [0.3, 0.4) is 0 Å². The number of amides is 2. The lowest BCUT2D eigenvalue weighted by Gasteiger charge is -2.28. The summed E-state index contributed by atoms with van der Waals surface area (Å²) in [6.07, 6.45) is 0.773. The minimum atomic E-state index is -0.154. The fourth-order valence-corrected chi connectivity index (χ4v) is 4.38. The van der Waals surface area contributed by atoms with E-state index in [1.54, 1.807) is 40.5 Å². The lowest BCUT2D eigenvalue weighted by atomic mass is 10.1. The number of halogens is 1. The van der Waals surface area contributed by atoms with Crippen LogP contribution in [-0.4, -0.2) is 34.7 Å². The van der Waals surface area contributed by atoms with Gasteiger partial charge >= 0.3 is 0 Å². The molecule has 0 aliphatic carbocycles. The average molecular weight is 455 g/mol. The maximum absolute atomic E-state index is 13.4. The number of nitrogens with zero attached hydrogens (tertiary/aromatic N) is 2. The molecule has 3 rings (SSSR count). The molecular formula is C25H27ClN2O2S. The zero-order valence-electron chi connectivity index (χ0n) is 17.9. The number of rotatable bonds is 9. The van der Waals surface area contributed by atoms with E-state index in [1.165, 1.54) is 5.56 Å². The zero-order chi connectivity index (χ0) is 22.2. The summed E-state index contributed by atoms with van der Waals surface area (Å²) in [5.74, 6) is -0.216. The van der Waals surface area contributed by atoms with Crippen LogP contribution in [0.1, 0.15) is 39.7 Å². The first kappa shape index (κ1) is 23.0. The third kappa shape index (κ3) is 6.42. The van der Waals surface area contributed by atoms with Crippen LogP contribution in [-0.2, 0) is 17.9 Å². The number of carbonyl (C=O) groups excluding carboxylic acids is 2. The molecular weight excluding hydrogens is 428 g/mol. The SMILES string of the molecule is CCCN(CC(=O)N(Cc1ccccc1)Cc1sccc1C)C(=O)c1ccc(Cl)cc1. The topological polar surface area (TPSA) is 40.6 Å². The van der Waals surface area contributed by atoms with Crippen LogP contribution < -0.4 is 0 Å². The van der Waals surface area contributed by atoms with Crippen molar-refractivity contribution in [3.8, 4) is 0 Å². The predicted octanol–water partition coefficient (Wildman–Crippen LogP) is 5.79. The molecule has 0 radical (unpaired) electrons. The first-order valence-electron chi connectivity index (χ1n) is 10.4. The van der Waals surface area contributed by atoms with Crippen molar-refractivity contribution >= 4 is 34.8 Å². The number of thiophene rings is 1. The Kier molecular flexibility index (Phi) is 8.27. The second-order valence-corrected chi connectivity index (χ2v) is 8.93. The van der Waals surface area contributed by atoms with Gasteiger partial charge in [-0.25, -0.2) is 0 Å². The van der Waals surface area contributed by atoms with E-state index in [0.29, 0.717) is 30.2 Å². The summed E-state index contributed by atoms with van der Waals surface area (Å²) < 4.78 is 0. The standard InChI is InChI=1S/C25H27ClN2O2S/c1-3-14-27(25(30)21-9-11-22(26)12-10-21)18-24(29)28(16-20-7-5-4-6-8-20)17-23-19(2)13-15-31-23/h4-13,15H,3,14,16-18H2,1-2H3. The van der Waals surface area contributed by atoms with Crippen LogP contribution in [0.2, 0.25) is 5.02 Å². The van der Waals surface area contributed by atoms with E-state index in [0.717, 1.165) is 16.9 Å². The Balaban J connectivity index is 1.79. The van der Waals surface area contributed by atoms with E-state index in [-0.39, 0.29) is 18.4 Å². The van der Waals surface area contributed by atoms with Crippen molar-refractivity contribution in [2.75, 3.05) is 13.1 Å². The van der Waals surface area contributed by atoms with Gasteiger partial charge in [0.05, 0.1) is 6.54 Å². The first-order chi connectivity index (χ1) is 15.0. The van der Waals surface area contributed by atoms with Gasteiger partial charge in [0.2, 0.25) is 5.91 Å². The van der Waals surface area contributed by atoms with Gasteiger partial charge in [-0.1, -0.05) is 48.9 Å². The van der Waals surface area contributed by atoms with E-state index >= 15 is 0 Å². The van der Waals surface area contributed by atoms with Crippen molar-refractivity contribution in [1.29, 1.82) is 0 Å². The number of hydrogen-bond acceptors (Lipinski definition) is 3. The van der Waals surface area contributed by atoms with E-state index in [2.05, 4.69) is 13.0 Å². The highest BCUT2D eigenvalue weighted by Crippen LogP contribution is 2.20. The summed E-state index contributed by atoms with van der Waals surface area (Å²) in [4.78, 5) is 31.1. The van der Waals surface area contributed by atoms with E-state index in [9.17, 15) is 9.59 Å². The average Bonchev–Trinajstić information content (AvgIpc) is 3.18. The van der Waals surface area contributed by atoms with Gasteiger partial charge in [0.25, 0.3) is 5.91 Å². The molecule has 0 aliphatic heterocycles. The van der Waals surface area contributed by atoms with Crippen LogP contribution in [0.25, 0.3) is 0 Å². The highest BCUT2D eigenvalue weighted by molar-refractivity contribution is 7.10. The molecule has 1 aromatic heterocycles. The van der Waals surface area contributed by atoms with Crippen molar-refractivity contribution in [1.82, 2.24) is 9.80 Å². The van der Waals surface area contributed by atoms with Crippen LogP contribution in [0.4, 0.5) is 0 Å². The summed E-state index contributed by atoms with van der Waals surface area (Å²) >= 11 is 7.61. The van der Waals surface area contributed by atoms with E-state index in [1.807, 2.05) is 47.5 Å². The molecule has 0 atom stereocenters. The third-order valence-corrected chi connectivity index (χ3v) is 6.33. The maximum Gasteiger partial charge on any atom is 0.254 e. The Hall–Kier alpha value is -2.63. The van der Waals surface area contributed by atoms with Crippen molar-refractivity contribution in [2.45, 2.75) is 33.4 Å². The van der Waals surface area contributed by atoms with Gasteiger partial charge < -0.3 is 9.80 Å². The van der Waals surface area contributed by atoms with Crippen molar-refractivity contribution in [3.63, 3.8) is 0 Å². The molecule has 2 amide bonds. The molecule has 3 aromatic rings. The van der Waals surface area contributed by atoms with Gasteiger partial charge in [0, 0.05) is 28.6 Å². The monoisotopic (exact) mass is 454 g/mol. The fraction of sp³-hybridized carbons (Fsp3) is 0.280. The van der Waals surface area contributed by atoms with Crippen LogP contribution in [0.15, 0.2) is 66.0 Å². The molecule has 0 aliphatic rings. The Morgan fingerprint density at radius 3 is 2.26 bits per heavy atom. The predicted molar refractivity (Wildman–Crippen MR) is 127 cm³/mol. The Morgan fingerprint density at radius 1 is 0.935 bits per heavy atom. The van der Waals surface area contributed by atoms with E-state index in [4.69, 9.17) is 11.6 Å². The Morgan fingerprint density at radius 2 is 1.65 bits per heavy atom. The molecule has 2 aromatic carbocycles. The summed E-state index contributed by atoms with van der Waals surface area (Å²) in [7, 11) is 0. The van der Waals surface area contributed by atoms with Gasteiger partial charge in [0.15, 0.2) is 0 Å². The Bertz CT molecular complexity index is 1000. The zero-order valence-corrected chi connectivity index (χ0v) is 19.5. The molecule has 0 saturated carbocycles. The van der Waals surface area contributed by atoms with Crippen LogP contribution in [0, 0.1) is 6.92 Å². The fourth-order valence-electron chi connectivity index (χ4n) is 3.34. The number of hydrogen-bond donors (Lipinski definition) is 0. The molecule has 162 valence electrons. The molecule has 0 bridgehead atoms. The minimum Gasteiger partial charge on any atom is -0.332 e. The smallest absolute Gasteiger partial charge is 0.254 e. The molecule has 0 N–H and O–H groups in total. The van der Waals surface area contributed by atoms with Gasteiger partial charge in [-0.05, 0) is 60.2 Å². The second-order valence-electron chi connectivity index (χ2n) is 7.50. The molecule has 31 heavy (non-hydrogen) atoms. The normalized spacial score (nSPS) is 10.7. The van der Waals surface area contributed by atoms with Crippen LogP contribution in [0.5, 0.6) is 0 Å². The van der Waals surface area contributed by atoms with Gasteiger partial charge in [-0.3, -0.25) is 9.59 Å².